The van der Waals surface area contributed by atoms with Gasteiger partial charge in [-0.2, -0.15) is 0 Å². The van der Waals surface area contributed by atoms with Crippen molar-refractivity contribution in [2.45, 2.75) is 43.2 Å². The van der Waals surface area contributed by atoms with Gasteiger partial charge in [0.25, 0.3) is 0 Å². The van der Waals surface area contributed by atoms with Gasteiger partial charge in [0.2, 0.25) is 0 Å². The van der Waals surface area contributed by atoms with Crippen LogP contribution in [0.4, 0.5) is 22.0 Å². The zero-order valence-electron chi connectivity index (χ0n) is 21.4. The molecule has 11 heteroatoms. The summed E-state index contributed by atoms with van der Waals surface area (Å²) in [4.78, 5) is 17.5. The second-order valence-electron chi connectivity index (χ2n) is 9.87. The Bertz CT molecular complexity index is 1310. The molecule has 0 aliphatic carbocycles. The van der Waals surface area contributed by atoms with Crippen molar-refractivity contribution in [2.75, 3.05) is 32.5 Å². The maximum atomic E-state index is 15.6. The molecule has 0 radical (unpaired) electrons. The normalized spacial score (nSPS) is 16.4. The molecule has 1 aliphatic heterocycles. The van der Waals surface area contributed by atoms with Crippen LogP contribution in [0.1, 0.15) is 43.8 Å². The molecular weight excluding hydrogens is 539 g/mol. The first-order chi connectivity index (χ1) is 18.6. The number of halogens is 5. The average Bonchev–Trinajstić information content (AvgIpc) is 2.89. The number of pyridine rings is 1. The molecule has 0 unspecified atom stereocenters. The first-order valence-electron chi connectivity index (χ1n) is 12.6. The van der Waals surface area contributed by atoms with Crippen molar-refractivity contribution in [3.05, 3.63) is 65.4 Å². The number of piperidine rings is 1. The zero-order valence-corrected chi connectivity index (χ0v) is 22.2. The Kier molecular flexibility index (Phi) is 9.32. The molecule has 1 fully saturated rings. The van der Waals surface area contributed by atoms with Crippen molar-refractivity contribution in [1.82, 2.24) is 9.88 Å². The molecular formula is C28H29F5N2O3S. The number of aromatic nitrogens is 1. The molecule has 1 saturated heterocycles. The van der Waals surface area contributed by atoms with Gasteiger partial charge in [-0.05, 0) is 62.4 Å². The molecule has 39 heavy (non-hydrogen) atoms. The molecule has 2 aromatic carbocycles. The molecule has 4 rings (SSSR count). The molecule has 0 spiro atoms. The van der Waals surface area contributed by atoms with E-state index in [0.29, 0.717) is 67.0 Å². The van der Waals surface area contributed by atoms with Gasteiger partial charge in [-0.3, -0.25) is 9.78 Å². The van der Waals surface area contributed by atoms with Gasteiger partial charge < -0.3 is 14.7 Å². The summed E-state index contributed by atoms with van der Waals surface area (Å²) in [6.45, 7) is 1.55. The van der Waals surface area contributed by atoms with E-state index < -0.39 is 40.8 Å². The van der Waals surface area contributed by atoms with Gasteiger partial charge in [0.05, 0.1) is 30.1 Å². The maximum absolute atomic E-state index is 15.6. The Balaban J connectivity index is 1.39. The lowest BCUT2D eigenvalue weighted by Crippen LogP contribution is -2.42. The number of carboxylic acid groups (broad SMARTS) is 1. The highest BCUT2D eigenvalue weighted by Crippen LogP contribution is 2.43. The molecule has 0 bridgehead atoms. The highest BCUT2D eigenvalue weighted by Gasteiger charge is 2.37. The van der Waals surface area contributed by atoms with Crippen molar-refractivity contribution in [1.29, 1.82) is 0 Å². The summed E-state index contributed by atoms with van der Waals surface area (Å²) in [7, 11) is 1.46. The van der Waals surface area contributed by atoms with Crippen molar-refractivity contribution in [3.8, 4) is 5.75 Å². The molecule has 1 aromatic heterocycles. The lowest BCUT2D eigenvalue weighted by molar-refractivity contribution is -0.141. The Morgan fingerprint density at radius 2 is 1.82 bits per heavy atom. The average molecular weight is 569 g/mol. The fourth-order valence-corrected chi connectivity index (χ4v) is 6.17. The molecule has 5 nitrogen and oxygen atoms in total. The molecule has 210 valence electrons. The number of nitrogens with zero attached hydrogens (tertiary/aromatic N) is 2. The summed E-state index contributed by atoms with van der Waals surface area (Å²) in [5, 5.41) is 9.89. The summed E-state index contributed by atoms with van der Waals surface area (Å²) in [5.41, 5.74) is -0.341. The van der Waals surface area contributed by atoms with Crippen LogP contribution >= 0.6 is 11.8 Å². The van der Waals surface area contributed by atoms with Gasteiger partial charge in [0, 0.05) is 35.4 Å². The summed E-state index contributed by atoms with van der Waals surface area (Å²) in [6.07, 6.45) is 0.364. The summed E-state index contributed by atoms with van der Waals surface area (Å²) >= 11 is 0.952. The van der Waals surface area contributed by atoms with Crippen LogP contribution in [0.2, 0.25) is 0 Å². The van der Waals surface area contributed by atoms with E-state index in [4.69, 9.17) is 4.74 Å². The summed E-state index contributed by atoms with van der Waals surface area (Å²) < 4.78 is 76.4. The minimum Gasteiger partial charge on any atom is -0.497 e. The monoisotopic (exact) mass is 568 g/mol. The lowest BCUT2D eigenvalue weighted by atomic mass is 9.71. The number of carbonyl (C=O) groups is 1. The number of fused-ring (bicyclic) bond motifs is 1. The zero-order chi connectivity index (χ0) is 28.2. The number of likely N-dealkylation sites (tertiary alicyclic amines) is 1. The van der Waals surface area contributed by atoms with Crippen molar-refractivity contribution in [3.63, 3.8) is 0 Å². The van der Waals surface area contributed by atoms with Crippen molar-refractivity contribution < 1.29 is 36.6 Å². The molecule has 2 heterocycles. The molecule has 1 aliphatic rings. The van der Waals surface area contributed by atoms with Crippen LogP contribution in [-0.4, -0.2) is 53.5 Å². The SMILES string of the molecule is COc1ccc2ncc(F)c([C@H](F)CCC3(CC(=O)O)CCN(CCSc4c(F)cc(F)cc4F)CC3)c2c1. The first kappa shape index (κ1) is 29.1. The third kappa shape index (κ3) is 7.00. The number of benzene rings is 2. The van der Waals surface area contributed by atoms with E-state index in [2.05, 4.69) is 9.88 Å². The Hall–Kier alpha value is -2.92. The van der Waals surface area contributed by atoms with E-state index in [1.807, 2.05) is 0 Å². The predicted molar refractivity (Wildman–Crippen MR) is 139 cm³/mol. The Labute approximate surface area is 227 Å². The highest BCUT2D eigenvalue weighted by molar-refractivity contribution is 7.99. The van der Waals surface area contributed by atoms with E-state index >= 15 is 4.39 Å². The van der Waals surface area contributed by atoms with Gasteiger partial charge in [-0.15, -0.1) is 11.8 Å². The Morgan fingerprint density at radius 3 is 2.46 bits per heavy atom. The molecule has 3 aromatic rings. The molecule has 1 N–H and O–H groups in total. The molecule has 0 amide bonds. The van der Waals surface area contributed by atoms with Crippen LogP contribution in [0.25, 0.3) is 10.9 Å². The van der Waals surface area contributed by atoms with Gasteiger partial charge in [0.1, 0.15) is 35.2 Å². The number of aliphatic carboxylic acids is 1. The van der Waals surface area contributed by atoms with Gasteiger partial charge in [0.15, 0.2) is 0 Å². The van der Waals surface area contributed by atoms with Gasteiger partial charge in [-0.25, -0.2) is 22.0 Å². The summed E-state index contributed by atoms with van der Waals surface area (Å²) in [6, 6.07) is 6.11. The van der Waals surface area contributed by atoms with Crippen LogP contribution < -0.4 is 4.74 Å². The minimum absolute atomic E-state index is 0.0561. The topological polar surface area (TPSA) is 62.7 Å². The smallest absolute Gasteiger partial charge is 0.303 e. The van der Waals surface area contributed by atoms with Crippen LogP contribution in [-0.2, 0) is 4.79 Å². The van der Waals surface area contributed by atoms with Crippen molar-refractivity contribution >= 4 is 28.6 Å². The predicted octanol–water partition coefficient (Wildman–Crippen LogP) is 6.94. The maximum Gasteiger partial charge on any atom is 0.303 e. The highest BCUT2D eigenvalue weighted by atomic mass is 32.2. The molecule has 0 saturated carbocycles. The fourth-order valence-electron chi connectivity index (χ4n) is 5.22. The number of methoxy groups -OCH3 is 1. The minimum atomic E-state index is -1.66. The Morgan fingerprint density at radius 1 is 1.13 bits per heavy atom. The van der Waals surface area contributed by atoms with Crippen molar-refractivity contribution in [2.24, 2.45) is 5.41 Å². The third-order valence-electron chi connectivity index (χ3n) is 7.37. The number of ether oxygens (including phenoxy) is 1. The second-order valence-corrected chi connectivity index (χ2v) is 11.0. The number of thioether (sulfide) groups is 1. The fraction of sp³-hybridized carbons (Fsp3) is 0.429. The largest absolute Gasteiger partial charge is 0.497 e. The van der Waals surface area contributed by atoms with Crippen LogP contribution in [0.5, 0.6) is 5.75 Å². The van der Waals surface area contributed by atoms with Gasteiger partial charge in [-0.1, -0.05) is 0 Å². The van der Waals surface area contributed by atoms with Crippen LogP contribution in [0, 0.1) is 28.7 Å². The van der Waals surface area contributed by atoms with E-state index in [1.165, 1.54) is 7.11 Å². The number of carboxylic acids is 1. The third-order valence-corrected chi connectivity index (χ3v) is 8.43. The first-order valence-corrected chi connectivity index (χ1v) is 13.6. The number of rotatable bonds is 11. The standard InChI is InChI=1S/C28H29F5N2O3S/c1-38-18-2-3-24-19(14-18)26(23(33)16-34-24)20(30)4-5-28(15-25(36)37)6-8-35(9-7-28)10-11-39-27-21(31)12-17(29)13-22(27)32/h2-3,12-14,16,20H,4-11,15H2,1H3,(H,36,37)/t20-/m1/s1. The number of hydrogen-bond acceptors (Lipinski definition) is 5. The van der Waals surface area contributed by atoms with E-state index in [9.17, 15) is 27.5 Å². The lowest BCUT2D eigenvalue weighted by Gasteiger charge is -2.41. The molecule has 1 atom stereocenters. The number of alkyl halides is 1. The number of hydrogen-bond donors (Lipinski definition) is 1. The van der Waals surface area contributed by atoms with E-state index in [-0.39, 0.29) is 29.7 Å². The second kappa shape index (κ2) is 12.5. The van der Waals surface area contributed by atoms with Gasteiger partial charge >= 0.3 is 5.97 Å². The van der Waals surface area contributed by atoms with Crippen LogP contribution in [0.3, 0.4) is 0 Å². The van der Waals surface area contributed by atoms with Crippen LogP contribution in [0.15, 0.2) is 41.4 Å². The van der Waals surface area contributed by atoms with E-state index in [0.717, 1.165) is 18.0 Å². The summed E-state index contributed by atoms with van der Waals surface area (Å²) in [5.74, 6) is -3.82. The quantitative estimate of drug-likeness (QED) is 0.200. The van der Waals surface area contributed by atoms with E-state index in [1.54, 1.807) is 18.2 Å².